The average molecular weight is 461 g/mol. The van der Waals surface area contributed by atoms with Crippen LogP contribution >= 0.6 is 0 Å². The number of aromatic hydroxyl groups is 1. The van der Waals surface area contributed by atoms with Crippen molar-refractivity contribution in [3.05, 3.63) is 48.0 Å². The second-order valence-electron chi connectivity index (χ2n) is 8.90. The van der Waals surface area contributed by atoms with E-state index in [4.69, 9.17) is 19.4 Å². The normalized spacial score (nSPS) is 20.8. The number of piperidine rings is 1. The van der Waals surface area contributed by atoms with Crippen molar-refractivity contribution in [2.45, 2.75) is 32.3 Å². The molecule has 176 valence electrons. The Bertz CT molecular complexity index is 1220. The molecule has 1 amide bonds. The van der Waals surface area contributed by atoms with E-state index in [0.29, 0.717) is 31.1 Å². The SMILES string of the molecule is Cc1ccc2c(N3CCCC(C=NC(=O)O[C@@H]4CCOC4)C3)nc(-c3ccccc3O)nc2c1. The number of carbonyl (C=O) groups excluding carboxylic acids is 1. The molecular weight excluding hydrogens is 432 g/mol. The maximum atomic E-state index is 12.1. The number of ether oxygens (including phenoxy) is 2. The fourth-order valence-corrected chi connectivity index (χ4v) is 4.52. The maximum absolute atomic E-state index is 12.1. The molecule has 0 aliphatic carbocycles. The molecular formula is C26H28N4O4. The number of para-hydroxylation sites is 1. The van der Waals surface area contributed by atoms with Crippen LogP contribution in [0.5, 0.6) is 5.75 Å². The average Bonchev–Trinajstić information content (AvgIpc) is 3.35. The van der Waals surface area contributed by atoms with Crippen LogP contribution in [0.15, 0.2) is 47.5 Å². The number of rotatable bonds is 4. The molecule has 2 fully saturated rings. The molecule has 2 aromatic carbocycles. The van der Waals surface area contributed by atoms with Crippen molar-refractivity contribution in [1.29, 1.82) is 0 Å². The van der Waals surface area contributed by atoms with Crippen LogP contribution in [0.1, 0.15) is 24.8 Å². The number of anilines is 1. The number of carbonyl (C=O) groups is 1. The van der Waals surface area contributed by atoms with Crippen LogP contribution in [0.2, 0.25) is 0 Å². The molecule has 5 rings (SSSR count). The molecule has 0 radical (unpaired) electrons. The summed E-state index contributed by atoms with van der Waals surface area (Å²) in [6, 6.07) is 13.3. The number of nitrogens with zero attached hydrogens (tertiary/aromatic N) is 4. The van der Waals surface area contributed by atoms with Crippen molar-refractivity contribution in [2.24, 2.45) is 10.9 Å². The summed E-state index contributed by atoms with van der Waals surface area (Å²) < 4.78 is 10.6. The highest BCUT2D eigenvalue weighted by molar-refractivity contribution is 5.92. The van der Waals surface area contributed by atoms with Crippen molar-refractivity contribution >= 4 is 29.0 Å². The van der Waals surface area contributed by atoms with Crippen molar-refractivity contribution in [1.82, 2.24) is 9.97 Å². The number of hydrogen-bond acceptors (Lipinski definition) is 7. The minimum atomic E-state index is -0.558. The van der Waals surface area contributed by atoms with Gasteiger partial charge in [-0.3, -0.25) is 0 Å². The molecule has 34 heavy (non-hydrogen) atoms. The zero-order chi connectivity index (χ0) is 23.5. The second-order valence-corrected chi connectivity index (χ2v) is 8.90. The van der Waals surface area contributed by atoms with Gasteiger partial charge in [0.1, 0.15) is 17.7 Å². The second kappa shape index (κ2) is 9.77. The van der Waals surface area contributed by atoms with Gasteiger partial charge in [-0.2, -0.15) is 4.99 Å². The Kier molecular flexibility index (Phi) is 6.40. The number of aliphatic imine (C=N–C) groups is 1. The van der Waals surface area contributed by atoms with Crippen molar-refractivity contribution in [2.75, 3.05) is 31.2 Å². The van der Waals surface area contributed by atoms with E-state index in [1.807, 2.05) is 31.2 Å². The summed E-state index contributed by atoms with van der Waals surface area (Å²) in [5.41, 5.74) is 2.54. The van der Waals surface area contributed by atoms with Gasteiger partial charge < -0.3 is 19.5 Å². The Hall–Kier alpha value is -3.52. The van der Waals surface area contributed by atoms with E-state index < -0.39 is 6.09 Å². The van der Waals surface area contributed by atoms with Gasteiger partial charge in [0, 0.05) is 37.0 Å². The van der Waals surface area contributed by atoms with E-state index in [2.05, 4.69) is 16.0 Å². The van der Waals surface area contributed by atoms with Gasteiger partial charge in [0.25, 0.3) is 0 Å². The third-order valence-electron chi connectivity index (χ3n) is 6.28. The van der Waals surface area contributed by atoms with Gasteiger partial charge >= 0.3 is 6.09 Å². The Labute approximate surface area is 198 Å². The zero-order valence-electron chi connectivity index (χ0n) is 19.2. The molecule has 1 unspecified atom stereocenters. The predicted octanol–water partition coefficient (Wildman–Crippen LogP) is 4.52. The largest absolute Gasteiger partial charge is 0.507 e. The number of hydrogen-bond donors (Lipinski definition) is 1. The highest BCUT2D eigenvalue weighted by atomic mass is 16.6. The topological polar surface area (TPSA) is 97.1 Å². The number of phenols is 1. The summed E-state index contributed by atoms with van der Waals surface area (Å²) in [5.74, 6) is 1.57. The first-order valence-electron chi connectivity index (χ1n) is 11.7. The molecule has 2 saturated heterocycles. The summed E-state index contributed by atoms with van der Waals surface area (Å²) in [6.07, 6.45) is 3.56. The molecule has 0 spiro atoms. The van der Waals surface area contributed by atoms with E-state index in [9.17, 15) is 9.90 Å². The molecule has 8 heteroatoms. The summed E-state index contributed by atoms with van der Waals surface area (Å²) in [4.78, 5) is 28.0. The van der Waals surface area contributed by atoms with Gasteiger partial charge in [-0.15, -0.1) is 0 Å². The van der Waals surface area contributed by atoms with Crippen LogP contribution in [-0.4, -0.2) is 59.8 Å². The quantitative estimate of drug-likeness (QED) is 0.572. The molecule has 0 bridgehead atoms. The van der Waals surface area contributed by atoms with Gasteiger partial charge in [0.05, 0.1) is 24.3 Å². The summed E-state index contributed by atoms with van der Waals surface area (Å²) in [5, 5.41) is 11.4. The number of aryl methyl sites for hydroxylation is 1. The lowest BCUT2D eigenvalue weighted by molar-refractivity contribution is 0.0903. The van der Waals surface area contributed by atoms with Crippen LogP contribution in [0.4, 0.5) is 10.6 Å². The smallest absolute Gasteiger partial charge is 0.433 e. The highest BCUT2D eigenvalue weighted by Crippen LogP contribution is 2.33. The first kappa shape index (κ1) is 22.3. The Morgan fingerprint density at radius 3 is 2.94 bits per heavy atom. The van der Waals surface area contributed by atoms with Gasteiger partial charge in [0.2, 0.25) is 0 Å². The lowest BCUT2D eigenvalue weighted by Crippen LogP contribution is -2.37. The van der Waals surface area contributed by atoms with E-state index in [-0.39, 0.29) is 17.8 Å². The zero-order valence-corrected chi connectivity index (χ0v) is 19.2. The number of aromatic nitrogens is 2. The van der Waals surface area contributed by atoms with Gasteiger partial charge in [-0.1, -0.05) is 18.2 Å². The molecule has 3 aromatic rings. The first-order chi connectivity index (χ1) is 16.6. The van der Waals surface area contributed by atoms with E-state index in [1.165, 1.54) is 0 Å². The molecule has 2 aliphatic rings. The van der Waals surface area contributed by atoms with Crippen LogP contribution in [0.25, 0.3) is 22.3 Å². The maximum Gasteiger partial charge on any atom is 0.433 e. The lowest BCUT2D eigenvalue weighted by Gasteiger charge is -2.32. The number of phenolic OH excluding ortho intramolecular Hbond substituents is 1. The minimum Gasteiger partial charge on any atom is -0.507 e. The molecule has 2 atom stereocenters. The fraction of sp³-hybridized carbons (Fsp3) is 0.385. The predicted molar refractivity (Wildman–Crippen MR) is 131 cm³/mol. The Morgan fingerprint density at radius 2 is 2.12 bits per heavy atom. The summed E-state index contributed by atoms with van der Waals surface area (Å²) in [7, 11) is 0. The molecule has 2 aliphatic heterocycles. The molecule has 3 heterocycles. The number of benzene rings is 2. The molecule has 0 saturated carbocycles. The van der Waals surface area contributed by atoms with Gasteiger partial charge in [0.15, 0.2) is 5.82 Å². The third kappa shape index (κ3) is 4.87. The fourth-order valence-electron chi connectivity index (χ4n) is 4.52. The highest BCUT2D eigenvalue weighted by Gasteiger charge is 2.24. The van der Waals surface area contributed by atoms with E-state index >= 15 is 0 Å². The standard InChI is InChI=1S/C26H28N4O4/c1-17-8-9-20-22(13-17)28-24(21-6-2-3-7-23(21)31)29-25(20)30-11-4-5-18(15-30)14-27-26(32)34-19-10-12-33-16-19/h2-3,6-9,13-14,18-19,31H,4-5,10-12,15-16H2,1H3/t18?,19-/m1/s1. The van der Waals surface area contributed by atoms with Crippen molar-refractivity contribution in [3.63, 3.8) is 0 Å². The van der Waals surface area contributed by atoms with Crippen molar-refractivity contribution in [3.8, 4) is 17.1 Å². The van der Waals surface area contributed by atoms with Crippen LogP contribution in [-0.2, 0) is 9.47 Å². The third-order valence-corrected chi connectivity index (χ3v) is 6.28. The van der Waals surface area contributed by atoms with Crippen LogP contribution in [0.3, 0.4) is 0 Å². The molecule has 8 nitrogen and oxygen atoms in total. The van der Waals surface area contributed by atoms with E-state index in [1.54, 1.807) is 18.3 Å². The Balaban J connectivity index is 1.41. The number of amides is 1. The monoisotopic (exact) mass is 460 g/mol. The minimum absolute atomic E-state index is 0.102. The van der Waals surface area contributed by atoms with Crippen LogP contribution < -0.4 is 4.90 Å². The molecule has 1 aromatic heterocycles. The lowest BCUT2D eigenvalue weighted by atomic mass is 9.99. The van der Waals surface area contributed by atoms with Crippen LogP contribution in [0, 0.1) is 12.8 Å². The molecule has 1 N–H and O–H groups in total. The Morgan fingerprint density at radius 1 is 1.24 bits per heavy atom. The van der Waals surface area contributed by atoms with Crippen molar-refractivity contribution < 1.29 is 19.4 Å². The summed E-state index contributed by atoms with van der Waals surface area (Å²) >= 11 is 0. The van der Waals surface area contributed by atoms with Gasteiger partial charge in [-0.05, 0) is 49.6 Å². The summed E-state index contributed by atoms with van der Waals surface area (Å²) in [6.45, 7) is 4.62. The number of fused-ring (bicyclic) bond motifs is 1. The van der Waals surface area contributed by atoms with Gasteiger partial charge in [-0.25, -0.2) is 14.8 Å². The first-order valence-corrected chi connectivity index (χ1v) is 11.7. The van der Waals surface area contributed by atoms with E-state index in [0.717, 1.165) is 48.1 Å².